The van der Waals surface area contributed by atoms with E-state index in [1.165, 1.54) is 6.92 Å². The third-order valence-corrected chi connectivity index (χ3v) is 2.86. The molecule has 2 amide bonds. The minimum Gasteiger partial charge on any atom is -0.394 e. The Bertz CT molecular complexity index is 289. The summed E-state index contributed by atoms with van der Waals surface area (Å²) in [6, 6.07) is 0. The number of rotatable bonds is 3. The minimum atomic E-state index is -0.597. The van der Waals surface area contributed by atoms with Gasteiger partial charge in [0.2, 0.25) is 11.8 Å². The van der Waals surface area contributed by atoms with Gasteiger partial charge in [0.25, 0.3) is 0 Å². The third kappa shape index (κ3) is 3.20. The molecule has 0 aliphatic carbocycles. The Morgan fingerprint density at radius 3 is 2.56 bits per heavy atom. The van der Waals surface area contributed by atoms with Crippen LogP contribution >= 0.6 is 0 Å². The summed E-state index contributed by atoms with van der Waals surface area (Å²) < 4.78 is 0. The Hall–Kier alpha value is -1.10. The normalized spacial score (nSPS) is 21.0. The van der Waals surface area contributed by atoms with Crippen LogP contribution in [0.4, 0.5) is 0 Å². The SMILES string of the molecule is CC(=O)N1CCC(C(=O)NC(C)(C)CO)C1. The molecule has 0 radical (unpaired) electrons. The zero-order chi connectivity index (χ0) is 12.3. The molecule has 0 aromatic rings. The lowest BCUT2D eigenvalue weighted by molar-refractivity contribution is -0.129. The van der Waals surface area contributed by atoms with E-state index in [1.54, 1.807) is 18.7 Å². The van der Waals surface area contributed by atoms with E-state index >= 15 is 0 Å². The summed E-state index contributed by atoms with van der Waals surface area (Å²) in [5, 5.41) is 11.8. The van der Waals surface area contributed by atoms with Crippen LogP contribution in [0.2, 0.25) is 0 Å². The van der Waals surface area contributed by atoms with Gasteiger partial charge in [0.15, 0.2) is 0 Å². The number of amides is 2. The molecule has 1 unspecified atom stereocenters. The highest BCUT2D eigenvalue weighted by Crippen LogP contribution is 2.17. The maximum Gasteiger partial charge on any atom is 0.225 e. The molecular weight excluding hydrogens is 208 g/mol. The first-order chi connectivity index (χ1) is 7.35. The molecule has 0 aromatic heterocycles. The van der Waals surface area contributed by atoms with Crippen molar-refractivity contribution in [2.75, 3.05) is 19.7 Å². The number of hydrogen-bond donors (Lipinski definition) is 2. The fourth-order valence-corrected chi connectivity index (χ4v) is 1.74. The van der Waals surface area contributed by atoms with E-state index in [1.807, 2.05) is 0 Å². The van der Waals surface area contributed by atoms with Crippen molar-refractivity contribution in [3.05, 3.63) is 0 Å². The second kappa shape index (κ2) is 4.82. The first kappa shape index (κ1) is 13.0. The lowest BCUT2D eigenvalue weighted by atomic mass is 10.0. The van der Waals surface area contributed by atoms with E-state index in [4.69, 9.17) is 5.11 Å². The molecule has 5 heteroatoms. The highest BCUT2D eigenvalue weighted by molar-refractivity contribution is 5.81. The van der Waals surface area contributed by atoms with E-state index in [0.29, 0.717) is 19.5 Å². The Balaban J connectivity index is 2.48. The maximum absolute atomic E-state index is 11.8. The minimum absolute atomic E-state index is 0.0109. The lowest BCUT2D eigenvalue weighted by Gasteiger charge is -2.25. The second-order valence-corrected chi connectivity index (χ2v) is 4.98. The molecule has 1 aliphatic rings. The van der Waals surface area contributed by atoms with E-state index in [9.17, 15) is 9.59 Å². The average Bonchev–Trinajstić information content (AvgIpc) is 2.66. The van der Waals surface area contributed by atoms with Gasteiger partial charge in [-0.1, -0.05) is 0 Å². The molecule has 16 heavy (non-hydrogen) atoms. The summed E-state index contributed by atoms with van der Waals surface area (Å²) in [4.78, 5) is 24.6. The molecule has 1 aliphatic heterocycles. The van der Waals surface area contributed by atoms with Crippen molar-refractivity contribution < 1.29 is 14.7 Å². The highest BCUT2D eigenvalue weighted by Gasteiger charge is 2.32. The van der Waals surface area contributed by atoms with Crippen molar-refractivity contribution in [1.29, 1.82) is 0 Å². The number of carbonyl (C=O) groups excluding carboxylic acids is 2. The van der Waals surface area contributed by atoms with Crippen molar-refractivity contribution in [1.82, 2.24) is 10.2 Å². The Kier molecular flexibility index (Phi) is 3.91. The summed E-state index contributed by atoms with van der Waals surface area (Å²) >= 11 is 0. The molecule has 0 bridgehead atoms. The highest BCUT2D eigenvalue weighted by atomic mass is 16.3. The van der Waals surface area contributed by atoms with Gasteiger partial charge in [0.05, 0.1) is 18.1 Å². The van der Waals surface area contributed by atoms with Crippen molar-refractivity contribution >= 4 is 11.8 Å². The van der Waals surface area contributed by atoms with E-state index in [-0.39, 0.29) is 24.3 Å². The van der Waals surface area contributed by atoms with Gasteiger partial charge < -0.3 is 15.3 Å². The smallest absolute Gasteiger partial charge is 0.225 e. The van der Waals surface area contributed by atoms with Gasteiger partial charge in [-0.3, -0.25) is 9.59 Å². The number of hydrogen-bond acceptors (Lipinski definition) is 3. The Labute approximate surface area is 95.8 Å². The zero-order valence-corrected chi connectivity index (χ0v) is 10.1. The van der Waals surface area contributed by atoms with Crippen LogP contribution < -0.4 is 5.32 Å². The second-order valence-electron chi connectivity index (χ2n) is 4.98. The van der Waals surface area contributed by atoms with Crippen LogP contribution in [0.1, 0.15) is 27.2 Å². The zero-order valence-electron chi connectivity index (χ0n) is 10.1. The van der Waals surface area contributed by atoms with Crippen molar-refractivity contribution in [3.8, 4) is 0 Å². The molecule has 0 saturated carbocycles. The van der Waals surface area contributed by atoms with Crippen molar-refractivity contribution in [3.63, 3.8) is 0 Å². The summed E-state index contributed by atoms with van der Waals surface area (Å²) in [5.74, 6) is -0.214. The lowest BCUT2D eigenvalue weighted by Crippen LogP contribution is -2.49. The van der Waals surface area contributed by atoms with Crippen LogP contribution in [0.3, 0.4) is 0 Å². The molecule has 0 aromatic carbocycles. The number of likely N-dealkylation sites (tertiary alicyclic amines) is 1. The molecular formula is C11H20N2O3. The summed E-state index contributed by atoms with van der Waals surface area (Å²) in [6.07, 6.45) is 0.701. The molecule has 2 N–H and O–H groups in total. The van der Waals surface area contributed by atoms with Crippen LogP contribution in [0.15, 0.2) is 0 Å². The van der Waals surface area contributed by atoms with Crippen LogP contribution in [0.5, 0.6) is 0 Å². The van der Waals surface area contributed by atoms with E-state index in [0.717, 1.165) is 0 Å². The predicted octanol–water partition coefficient (Wildman–Crippen LogP) is -0.258. The predicted molar refractivity (Wildman–Crippen MR) is 59.7 cm³/mol. The van der Waals surface area contributed by atoms with Crippen LogP contribution in [-0.4, -0.2) is 47.1 Å². The topological polar surface area (TPSA) is 69.6 Å². The summed E-state index contributed by atoms with van der Waals surface area (Å²) in [7, 11) is 0. The summed E-state index contributed by atoms with van der Waals surface area (Å²) in [5.41, 5.74) is -0.597. The molecule has 1 heterocycles. The first-order valence-corrected chi connectivity index (χ1v) is 5.54. The van der Waals surface area contributed by atoms with Crippen LogP contribution in [0, 0.1) is 5.92 Å². The standard InChI is InChI=1S/C11H20N2O3/c1-8(15)13-5-4-9(6-13)10(16)12-11(2,3)7-14/h9,14H,4-7H2,1-3H3,(H,12,16). The van der Waals surface area contributed by atoms with Crippen molar-refractivity contribution in [2.45, 2.75) is 32.7 Å². The van der Waals surface area contributed by atoms with Gasteiger partial charge in [-0.25, -0.2) is 0 Å². The third-order valence-electron chi connectivity index (χ3n) is 2.86. The van der Waals surface area contributed by atoms with Gasteiger partial charge >= 0.3 is 0 Å². The van der Waals surface area contributed by atoms with Gasteiger partial charge in [-0.05, 0) is 20.3 Å². The largest absolute Gasteiger partial charge is 0.394 e. The van der Waals surface area contributed by atoms with Crippen LogP contribution in [-0.2, 0) is 9.59 Å². The number of nitrogens with zero attached hydrogens (tertiary/aromatic N) is 1. The Morgan fingerprint density at radius 1 is 1.50 bits per heavy atom. The number of aliphatic hydroxyl groups is 1. The van der Waals surface area contributed by atoms with Gasteiger partial charge in [0.1, 0.15) is 0 Å². The fraction of sp³-hybridized carbons (Fsp3) is 0.818. The monoisotopic (exact) mass is 228 g/mol. The molecule has 1 saturated heterocycles. The summed E-state index contributed by atoms with van der Waals surface area (Å²) in [6.45, 7) is 6.08. The quantitative estimate of drug-likeness (QED) is 0.699. The van der Waals surface area contributed by atoms with Gasteiger partial charge in [-0.2, -0.15) is 0 Å². The number of carbonyl (C=O) groups is 2. The maximum atomic E-state index is 11.8. The van der Waals surface area contributed by atoms with E-state index in [2.05, 4.69) is 5.32 Å². The number of nitrogens with one attached hydrogen (secondary N) is 1. The first-order valence-electron chi connectivity index (χ1n) is 5.54. The Morgan fingerprint density at radius 2 is 2.12 bits per heavy atom. The molecule has 1 rings (SSSR count). The average molecular weight is 228 g/mol. The van der Waals surface area contributed by atoms with Gasteiger partial charge in [0, 0.05) is 20.0 Å². The molecule has 92 valence electrons. The van der Waals surface area contributed by atoms with Gasteiger partial charge in [-0.15, -0.1) is 0 Å². The van der Waals surface area contributed by atoms with Crippen molar-refractivity contribution in [2.24, 2.45) is 5.92 Å². The molecule has 0 spiro atoms. The number of aliphatic hydroxyl groups excluding tert-OH is 1. The molecule has 1 atom stereocenters. The molecule has 5 nitrogen and oxygen atoms in total. The fourth-order valence-electron chi connectivity index (χ4n) is 1.74. The molecule has 1 fully saturated rings. The van der Waals surface area contributed by atoms with Crippen LogP contribution in [0.25, 0.3) is 0 Å². The van der Waals surface area contributed by atoms with E-state index < -0.39 is 5.54 Å².